The number of esters is 1. The lowest BCUT2D eigenvalue weighted by Gasteiger charge is -2.38. The maximum atomic E-state index is 12.7. The molecule has 1 aliphatic carbocycles. The van der Waals surface area contributed by atoms with E-state index in [0.29, 0.717) is 25.6 Å². The number of piperazine rings is 1. The zero-order valence-electron chi connectivity index (χ0n) is 15.7. The fourth-order valence-corrected chi connectivity index (χ4v) is 4.08. The van der Waals surface area contributed by atoms with Gasteiger partial charge in [0.2, 0.25) is 11.8 Å². The number of nitrogens with zero attached hydrogens (tertiary/aromatic N) is 2. The van der Waals surface area contributed by atoms with Crippen molar-refractivity contribution in [2.75, 3.05) is 39.3 Å². The molecule has 7 heteroatoms. The van der Waals surface area contributed by atoms with E-state index in [1.165, 1.54) is 19.3 Å². The molecule has 2 aliphatic heterocycles. The molecular formula is C19H31N3O4. The van der Waals surface area contributed by atoms with Crippen LogP contribution in [0.5, 0.6) is 0 Å². The minimum Gasteiger partial charge on any atom is -0.466 e. The summed E-state index contributed by atoms with van der Waals surface area (Å²) in [4.78, 5) is 41.0. The highest BCUT2D eigenvalue weighted by atomic mass is 16.5. The summed E-state index contributed by atoms with van der Waals surface area (Å²) in [6, 6.07) is -0.431. The van der Waals surface area contributed by atoms with Gasteiger partial charge in [-0.1, -0.05) is 6.42 Å². The van der Waals surface area contributed by atoms with Gasteiger partial charge in [0.05, 0.1) is 25.0 Å². The Hall–Kier alpha value is -1.63. The van der Waals surface area contributed by atoms with Gasteiger partial charge in [0.1, 0.15) is 0 Å². The maximum Gasteiger partial charge on any atom is 0.310 e. The molecule has 7 nitrogen and oxygen atoms in total. The Balaban J connectivity index is 1.51. The molecule has 146 valence electrons. The van der Waals surface area contributed by atoms with Crippen LogP contribution in [0.25, 0.3) is 0 Å². The van der Waals surface area contributed by atoms with Gasteiger partial charge < -0.3 is 19.9 Å². The van der Waals surface area contributed by atoms with E-state index in [2.05, 4.69) is 5.32 Å². The van der Waals surface area contributed by atoms with Gasteiger partial charge in [0, 0.05) is 32.7 Å². The third-order valence-corrected chi connectivity index (χ3v) is 5.86. The highest BCUT2D eigenvalue weighted by molar-refractivity contribution is 5.89. The molecule has 3 rings (SSSR count). The fraction of sp³-hybridized carbons (Fsp3) is 0.842. The van der Waals surface area contributed by atoms with Crippen molar-refractivity contribution in [2.45, 2.75) is 51.5 Å². The predicted molar refractivity (Wildman–Crippen MR) is 96.3 cm³/mol. The number of carbonyl (C=O) groups excluding carboxylic acids is 3. The topological polar surface area (TPSA) is 79.0 Å². The second-order valence-corrected chi connectivity index (χ2v) is 7.72. The van der Waals surface area contributed by atoms with Crippen LogP contribution in [0.15, 0.2) is 0 Å². The normalized spacial score (nSPS) is 27.2. The van der Waals surface area contributed by atoms with Crippen molar-refractivity contribution in [1.29, 1.82) is 0 Å². The quantitative estimate of drug-likeness (QED) is 0.704. The molecular weight excluding hydrogens is 334 g/mol. The molecule has 2 amide bonds. The zero-order chi connectivity index (χ0) is 18.5. The van der Waals surface area contributed by atoms with Crippen LogP contribution in [0.1, 0.15) is 45.4 Å². The lowest BCUT2D eigenvalue weighted by Crippen LogP contribution is -2.57. The number of hydrogen-bond donors (Lipinski definition) is 1. The molecule has 26 heavy (non-hydrogen) atoms. The molecule has 0 spiro atoms. The van der Waals surface area contributed by atoms with Gasteiger partial charge in [-0.15, -0.1) is 0 Å². The Kier molecular flexibility index (Phi) is 6.51. The summed E-state index contributed by atoms with van der Waals surface area (Å²) in [7, 11) is 0. The third kappa shape index (κ3) is 4.55. The summed E-state index contributed by atoms with van der Waals surface area (Å²) in [5.74, 6) is 0.188. The lowest BCUT2D eigenvalue weighted by molar-refractivity contribution is -0.152. The van der Waals surface area contributed by atoms with Crippen LogP contribution < -0.4 is 5.32 Å². The summed E-state index contributed by atoms with van der Waals surface area (Å²) >= 11 is 0. The highest BCUT2D eigenvalue weighted by Gasteiger charge is 2.35. The van der Waals surface area contributed by atoms with E-state index < -0.39 is 6.04 Å². The van der Waals surface area contributed by atoms with Gasteiger partial charge in [0.25, 0.3) is 0 Å². The molecule has 0 radical (unpaired) electrons. The van der Waals surface area contributed by atoms with E-state index >= 15 is 0 Å². The molecule has 2 atom stereocenters. The lowest BCUT2D eigenvalue weighted by atomic mass is 9.85. The Labute approximate surface area is 155 Å². The number of likely N-dealkylation sites (tertiary alicyclic amines) is 1. The first kappa shape index (κ1) is 19.1. The average molecular weight is 365 g/mol. The number of hydrogen-bond acceptors (Lipinski definition) is 5. The second-order valence-electron chi connectivity index (χ2n) is 7.72. The van der Waals surface area contributed by atoms with Gasteiger partial charge in [-0.3, -0.25) is 14.4 Å². The molecule has 1 saturated carbocycles. The monoisotopic (exact) mass is 365 g/mol. The van der Waals surface area contributed by atoms with E-state index in [4.69, 9.17) is 4.74 Å². The Morgan fingerprint density at radius 3 is 2.69 bits per heavy atom. The molecule has 0 aromatic heterocycles. The smallest absolute Gasteiger partial charge is 0.310 e. The number of rotatable bonds is 6. The van der Waals surface area contributed by atoms with E-state index in [1.807, 2.05) is 4.90 Å². The molecule has 2 heterocycles. The SMILES string of the molecule is CCOC(=O)C1CCCN(C(=O)CC2NCCN(CC3CCC3)C2=O)C1. The van der Waals surface area contributed by atoms with Gasteiger partial charge in [-0.05, 0) is 38.5 Å². The standard InChI is InChI=1S/C19H31N3O4/c1-2-26-19(25)15-7-4-9-21(13-15)17(23)11-16-18(24)22(10-8-20-16)12-14-5-3-6-14/h14-16,20H,2-13H2,1H3. The molecule has 3 aliphatic rings. The molecule has 0 bridgehead atoms. The van der Waals surface area contributed by atoms with Crippen molar-refractivity contribution in [3.8, 4) is 0 Å². The number of piperidine rings is 1. The molecule has 2 saturated heterocycles. The van der Waals surface area contributed by atoms with Gasteiger partial charge >= 0.3 is 5.97 Å². The first-order valence-electron chi connectivity index (χ1n) is 10.0. The summed E-state index contributed by atoms with van der Waals surface area (Å²) in [5, 5.41) is 3.20. The minimum absolute atomic E-state index is 0.0460. The number of carbonyl (C=O) groups is 3. The van der Waals surface area contributed by atoms with Crippen LogP contribution in [0.3, 0.4) is 0 Å². The first-order valence-corrected chi connectivity index (χ1v) is 10.0. The van der Waals surface area contributed by atoms with Gasteiger partial charge in [-0.25, -0.2) is 0 Å². The van der Waals surface area contributed by atoms with Gasteiger partial charge in [0.15, 0.2) is 0 Å². The van der Waals surface area contributed by atoms with Crippen LogP contribution in [-0.2, 0) is 19.1 Å². The summed E-state index contributed by atoms with van der Waals surface area (Å²) < 4.78 is 5.09. The average Bonchev–Trinajstić information content (AvgIpc) is 2.61. The molecule has 2 unspecified atom stereocenters. The van der Waals surface area contributed by atoms with E-state index in [0.717, 1.165) is 32.5 Å². The maximum absolute atomic E-state index is 12.7. The van der Waals surface area contributed by atoms with Crippen LogP contribution in [0, 0.1) is 11.8 Å². The molecule has 1 N–H and O–H groups in total. The van der Waals surface area contributed by atoms with Gasteiger partial charge in [-0.2, -0.15) is 0 Å². The fourth-order valence-electron chi connectivity index (χ4n) is 4.08. The minimum atomic E-state index is -0.431. The molecule has 0 aromatic rings. The Bertz CT molecular complexity index is 535. The van der Waals surface area contributed by atoms with Crippen molar-refractivity contribution in [1.82, 2.24) is 15.1 Å². The Morgan fingerprint density at radius 2 is 2.00 bits per heavy atom. The van der Waals surface area contributed by atoms with E-state index in [1.54, 1.807) is 11.8 Å². The Morgan fingerprint density at radius 1 is 1.19 bits per heavy atom. The van der Waals surface area contributed by atoms with Crippen molar-refractivity contribution in [2.24, 2.45) is 11.8 Å². The van der Waals surface area contributed by atoms with Crippen molar-refractivity contribution in [3.05, 3.63) is 0 Å². The third-order valence-electron chi connectivity index (χ3n) is 5.86. The van der Waals surface area contributed by atoms with Crippen LogP contribution >= 0.6 is 0 Å². The zero-order valence-corrected chi connectivity index (χ0v) is 15.7. The second kappa shape index (κ2) is 8.84. The number of ether oxygens (including phenoxy) is 1. The van der Waals surface area contributed by atoms with Crippen LogP contribution in [-0.4, -0.2) is 73.0 Å². The summed E-state index contributed by atoms with van der Waals surface area (Å²) in [5.41, 5.74) is 0. The molecule has 0 aromatic carbocycles. The highest BCUT2D eigenvalue weighted by Crippen LogP contribution is 2.27. The number of amides is 2. The van der Waals surface area contributed by atoms with Crippen molar-refractivity contribution >= 4 is 17.8 Å². The molecule has 3 fully saturated rings. The largest absolute Gasteiger partial charge is 0.466 e. The number of nitrogens with one attached hydrogen (secondary N) is 1. The van der Waals surface area contributed by atoms with Crippen molar-refractivity contribution < 1.29 is 19.1 Å². The first-order chi connectivity index (χ1) is 12.6. The van der Waals surface area contributed by atoms with E-state index in [9.17, 15) is 14.4 Å². The summed E-state index contributed by atoms with van der Waals surface area (Å²) in [6.07, 6.45) is 5.43. The van der Waals surface area contributed by atoms with Crippen LogP contribution in [0.2, 0.25) is 0 Å². The summed E-state index contributed by atoms with van der Waals surface area (Å²) in [6.45, 7) is 5.52. The van der Waals surface area contributed by atoms with Crippen LogP contribution in [0.4, 0.5) is 0 Å². The van der Waals surface area contributed by atoms with Crippen molar-refractivity contribution in [3.63, 3.8) is 0 Å². The predicted octanol–water partition coefficient (Wildman–Crippen LogP) is 0.779. The van der Waals surface area contributed by atoms with E-state index in [-0.39, 0.29) is 30.1 Å².